The maximum atomic E-state index is 14.4. The molecule has 130 valence electrons. The van der Waals surface area contributed by atoms with Crippen molar-refractivity contribution in [2.75, 3.05) is 0 Å². The molecule has 24 heavy (non-hydrogen) atoms. The van der Waals surface area contributed by atoms with Gasteiger partial charge in [-0.25, -0.2) is 8.78 Å². The molecule has 6 heteroatoms. The van der Waals surface area contributed by atoms with Crippen LogP contribution in [0.5, 0.6) is 0 Å². The van der Waals surface area contributed by atoms with Crippen LogP contribution in [0.4, 0.5) is 8.78 Å². The SMILES string of the molecule is Cc1nc(/C=C/C2C3C(C)OC(=O)C3CC(F)(F)C2C)ccc1Br. The van der Waals surface area contributed by atoms with Gasteiger partial charge in [0.1, 0.15) is 6.10 Å². The van der Waals surface area contributed by atoms with Gasteiger partial charge in [-0.1, -0.05) is 13.0 Å². The number of halogens is 3. The molecular weight excluding hydrogens is 380 g/mol. The van der Waals surface area contributed by atoms with Gasteiger partial charge in [-0.05, 0) is 53.9 Å². The lowest BCUT2D eigenvalue weighted by atomic mass is 9.64. The van der Waals surface area contributed by atoms with Gasteiger partial charge in [-0.15, -0.1) is 0 Å². The largest absolute Gasteiger partial charge is 0.462 e. The quantitative estimate of drug-likeness (QED) is 0.680. The van der Waals surface area contributed by atoms with E-state index in [0.717, 1.165) is 10.2 Å². The molecule has 0 radical (unpaired) electrons. The van der Waals surface area contributed by atoms with E-state index in [1.807, 2.05) is 19.1 Å². The zero-order valence-corrected chi connectivity index (χ0v) is 15.4. The summed E-state index contributed by atoms with van der Waals surface area (Å²) in [5.74, 6) is -5.56. The van der Waals surface area contributed by atoms with Crippen LogP contribution in [0.2, 0.25) is 0 Å². The number of hydrogen-bond acceptors (Lipinski definition) is 3. The smallest absolute Gasteiger partial charge is 0.309 e. The fourth-order valence-electron chi connectivity index (χ4n) is 3.89. The Kier molecular flexibility index (Phi) is 4.53. The summed E-state index contributed by atoms with van der Waals surface area (Å²) in [6, 6.07) is 3.71. The number of ether oxygens (including phenoxy) is 1. The predicted molar refractivity (Wildman–Crippen MR) is 90.5 cm³/mol. The summed E-state index contributed by atoms with van der Waals surface area (Å²) >= 11 is 3.39. The molecule has 3 nitrogen and oxygen atoms in total. The topological polar surface area (TPSA) is 39.2 Å². The van der Waals surface area contributed by atoms with Crippen LogP contribution >= 0.6 is 15.9 Å². The van der Waals surface area contributed by atoms with Gasteiger partial charge in [0.25, 0.3) is 5.92 Å². The molecule has 2 aliphatic rings. The number of aryl methyl sites for hydroxylation is 1. The second-order valence-electron chi connectivity index (χ2n) is 6.82. The standard InChI is InChI=1S/C18H20BrF2NO2/c1-9-13(6-4-12-5-7-15(19)10(2)22-12)16-11(3)24-17(23)14(16)8-18(9,20)21/h4-7,9,11,13-14,16H,8H2,1-3H3/b6-4+. The summed E-state index contributed by atoms with van der Waals surface area (Å²) in [5, 5.41) is 0. The molecule has 1 aliphatic carbocycles. The monoisotopic (exact) mass is 399 g/mol. The number of aromatic nitrogens is 1. The molecule has 5 unspecified atom stereocenters. The molecule has 0 N–H and O–H groups in total. The molecule has 3 rings (SSSR count). The number of pyridine rings is 1. The van der Waals surface area contributed by atoms with E-state index >= 15 is 0 Å². The summed E-state index contributed by atoms with van der Waals surface area (Å²) < 4.78 is 34.9. The van der Waals surface area contributed by atoms with Crippen LogP contribution in [0.15, 0.2) is 22.7 Å². The minimum Gasteiger partial charge on any atom is -0.462 e. The van der Waals surface area contributed by atoms with Crippen molar-refractivity contribution >= 4 is 28.0 Å². The molecule has 1 saturated carbocycles. The highest BCUT2D eigenvalue weighted by Crippen LogP contribution is 2.52. The molecule has 0 aromatic carbocycles. The lowest BCUT2D eigenvalue weighted by molar-refractivity contribution is -0.152. The van der Waals surface area contributed by atoms with Gasteiger partial charge >= 0.3 is 5.97 Å². The van der Waals surface area contributed by atoms with Crippen molar-refractivity contribution < 1.29 is 18.3 Å². The van der Waals surface area contributed by atoms with Gasteiger partial charge in [-0.2, -0.15) is 0 Å². The first-order chi connectivity index (χ1) is 11.2. The number of rotatable bonds is 2. The Labute approximate surface area is 148 Å². The zero-order chi connectivity index (χ0) is 17.6. The predicted octanol–water partition coefficient (Wildman–Crippen LogP) is 4.63. The molecular formula is C18H20BrF2NO2. The van der Waals surface area contributed by atoms with E-state index in [2.05, 4.69) is 20.9 Å². The number of allylic oxidation sites excluding steroid dienone is 1. The van der Waals surface area contributed by atoms with Crippen LogP contribution in [0, 0.1) is 30.6 Å². The van der Waals surface area contributed by atoms with E-state index in [1.165, 1.54) is 0 Å². The van der Waals surface area contributed by atoms with Crippen LogP contribution in [0.25, 0.3) is 6.08 Å². The van der Waals surface area contributed by atoms with E-state index in [0.29, 0.717) is 5.69 Å². The summed E-state index contributed by atoms with van der Waals surface area (Å²) in [5.41, 5.74) is 1.55. The Morgan fingerprint density at radius 1 is 1.38 bits per heavy atom. The van der Waals surface area contributed by atoms with Crippen molar-refractivity contribution in [3.05, 3.63) is 34.1 Å². The molecule has 1 aliphatic heterocycles. The van der Waals surface area contributed by atoms with Crippen molar-refractivity contribution in [1.29, 1.82) is 0 Å². The molecule has 1 aromatic rings. The van der Waals surface area contributed by atoms with E-state index in [4.69, 9.17) is 4.74 Å². The average molecular weight is 400 g/mol. The summed E-state index contributed by atoms with van der Waals surface area (Å²) in [6.45, 7) is 5.23. The molecule has 0 amide bonds. The van der Waals surface area contributed by atoms with Gasteiger partial charge in [0.05, 0.1) is 17.3 Å². The van der Waals surface area contributed by atoms with Gasteiger partial charge in [-0.3, -0.25) is 9.78 Å². The first-order valence-electron chi connectivity index (χ1n) is 8.10. The highest BCUT2D eigenvalue weighted by atomic mass is 79.9. The number of carbonyl (C=O) groups excluding carboxylic acids is 1. The molecule has 2 fully saturated rings. The molecule has 2 heterocycles. The van der Waals surface area contributed by atoms with Gasteiger partial charge < -0.3 is 4.74 Å². The van der Waals surface area contributed by atoms with Crippen LogP contribution < -0.4 is 0 Å². The number of cyclic esters (lactones) is 1. The Morgan fingerprint density at radius 2 is 2.08 bits per heavy atom. The lowest BCUT2D eigenvalue weighted by Crippen LogP contribution is -2.46. The van der Waals surface area contributed by atoms with E-state index in [9.17, 15) is 13.6 Å². The fraction of sp³-hybridized carbons (Fsp3) is 0.556. The Balaban J connectivity index is 1.92. The van der Waals surface area contributed by atoms with Crippen molar-refractivity contribution in [3.63, 3.8) is 0 Å². The third kappa shape index (κ3) is 3.01. The number of carbonyl (C=O) groups is 1. The van der Waals surface area contributed by atoms with E-state index in [-0.39, 0.29) is 12.0 Å². The maximum Gasteiger partial charge on any atom is 0.309 e. The number of nitrogens with zero attached hydrogens (tertiary/aromatic N) is 1. The van der Waals surface area contributed by atoms with Crippen LogP contribution in [0.3, 0.4) is 0 Å². The summed E-state index contributed by atoms with van der Waals surface area (Å²) in [7, 11) is 0. The van der Waals surface area contributed by atoms with E-state index < -0.39 is 36.1 Å². The highest BCUT2D eigenvalue weighted by Gasteiger charge is 2.59. The fourth-order valence-corrected chi connectivity index (χ4v) is 4.11. The zero-order valence-electron chi connectivity index (χ0n) is 13.8. The average Bonchev–Trinajstić information content (AvgIpc) is 2.77. The van der Waals surface area contributed by atoms with E-state index in [1.54, 1.807) is 26.0 Å². The second-order valence-corrected chi connectivity index (χ2v) is 7.67. The number of alkyl halides is 2. The second kappa shape index (κ2) is 6.21. The summed E-state index contributed by atoms with van der Waals surface area (Å²) in [6.07, 6.45) is 2.80. The normalized spacial score (nSPS) is 35.1. The van der Waals surface area contributed by atoms with Crippen molar-refractivity contribution in [3.8, 4) is 0 Å². The van der Waals surface area contributed by atoms with Crippen molar-refractivity contribution in [2.24, 2.45) is 23.7 Å². The third-order valence-corrected chi connectivity index (χ3v) is 6.16. The van der Waals surface area contributed by atoms with Gasteiger partial charge in [0, 0.05) is 22.7 Å². The molecule has 1 aromatic heterocycles. The van der Waals surface area contributed by atoms with Gasteiger partial charge in [0.2, 0.25) is 0 Å². The molecule has 0 bridgehead atoms. The Hall–Kier alpha value is -1.30. The molecule has 1 saturated heterocycles. The van der Waals surface area contributed by atoms with Crippen LogP contribution in [0.1, 0.15) is 31.7 Å². The summed E-state index contributed by atoms with van der Waals surface area (Å²) in [4.78, 5) is 16.3. The highest BCUT2D eigenvalue weighted by molar-refractivity contribution is 9.10. The first kappa shape index (κ1) is 17.5. The van der Waals surface area contributed by atoms with Crippen molar-refractivity contribution in [1.82, 2.24) is 4.98 Å². The number of fused-ring (bicyclic) bond motifs is 1. The first-order valence-corrected chi connectivity index (χ1v) is 8.89. The Bertz CT molecular complexity index is 692. The number of hydrogen-bond donors (Lipinski definition) is 0. The minimum atomic E-state index is -2.87. The minimum absolute atomic E-state index is 0.208. The number of esters is 1. The molecule has 0 spiro atoms. The molecule has 5 atom stereocenters. The van der Waals surface area contributed by atoms with Crippen LogP contribution in [-0.4, -0.2) is 23.0 Å². The third-order valence-electron chi connectivity index (χ3n) is 5.32. The van der Waals surface area contributed by atoms with Crippen LogP contribution in [-0.2, 0) is 9.53 Å². The lowest BCUT2D eigenvalue weighted by Gasteiger charge is -2.41. The van der Waals surface area contributed by atoms with Crippen molar-refractivity contribution in [2.45, 2.75) is 39.2 Å². The maximum absolute atomic E-state index is 14.4. The van der Waals surface area contributed by atoms with Gasteiger partial charge in [0.15, 0.2) is 0 Å². The Morgan fingerprint density at radius 3 is 2.75 bits per heavy atom.